The van der Waals surface area contributed by atoms with Gasteiger partial charge in [0.05, 0.1) is 0 Å². The number of nitrogens with zero attached hydrogens (tertiary/aromatic N) is 1. The first kappa shape index (κ1) is 11.0. The highest BCUT2D eigenvalue weighted by Crippen LogP contribution is 2.44. The van der Waals surface area contributed by atoms with E-state index < -0.39 is 11.6 Å². The lowest BCUT2D eigenvalue weighted by Gasteiger charge is -2.27. The van der Waals surface area contributed by atoms with Gasteiger partial charge in [0.1, 0.15) is 18.0 Å². The molecular weight excluding hydrogens is 234 g/mol. The Morgan fingerprint density at radius 3 is 2.94 bits per heavy atom. The van der Waals surface area contributed by atoms with Crippen molar-refractivity contribution < 1.29 is 14.7 Å². The van der Waals surface area contributed by atoms with E-state index in [0.717, 1.165) is 17.5 Å². The summed E-state index contributed by atoms with van der Waals surface area (Å²) in [5.41, 5.74) is 7.21. The van der Waals surface area contributed by atoms with Crippen molar-refractivity contribution in [3.8, 4) is 0 Å². The Kier molecular flexibility index (Phi) is 2.12. The van der Waals surface area contributed by atoms with Crippen molar-refractivity contribution in [1.82, 2.24) is 5.06 Å². The number of amidine groups is 1. The topological polar surface area (TPSA) is 99.6 Å². The van der Waals surface area contributed by atoms with Gasteiger partial charge < -0.3 is 10.5 Å². The SMILES string of the molecule is N=C(N)c1ccc2c(c1)CCC21COC(=O)N1O. The minimum atomic E-state index is -0.762. The molecule has 0 aromatic heterocycles. The number of rotatable bonds is 1. The number of nitrogens with two attached hydrogens (primary N) is 1. The summed E-state index contributed by atoms with van der Waals surface area (Å²) in [5, 5.41) is 18.0. The molecule has 1 aliphatic heterocycles. The summed E-state index contributed by atoms with van der Waals surface area (Å²) in [6.07, 6.45) is 0.634. The second-order valence-electron chi connectivity index (χ2n) is 4.68. The Bertz CT molecular complexity index is 557. The average Bonchev–Trinajstić information content (AvgIpc) is 2.86. The summed E-state index contributed by atoms with van der Waals surface area (Å²) in [7, 11) is 0. The predicted molar refractivity (Wildman–Crippen MR) is 62.4 cm³/mol. The molecule has 1 saturated heterocycles. The smallest absolute Gasteiger partial charge is 0.434 e. The molecule has 1 aromatic rings. The minimum Gasteiger partial charge on any atom is -0.445 e. The molecule has 94 valence electrons. The third-order valence-corrected chi connectivity index (χ3v) is 3.74. The summed E-state index contributed by atoms with van der Waals surface area (Å²) in [4.78, 5) is 11.3. The van der Waals surface area contributed by atoms with Gasteiger partial charge in [0, 0.05) is 5.56 Å². The first-order chi connectivity index (χ1) is 8.54. The second-order valence-corrected chi connectivity index (χ2v) is 4.68. The van der Waals surface area contributed by atoms with E-state index in [4.69, 9.17) is 15.9 Å². The number of carbonyl (C=O) groups is 1. The Morgan fingerprint density at radius 2 is 2.33 bits per heavy atom. The molecule has 0 bridgehead atoms. The van der Waals surface area contributed by atoms with Crippen LogP contribution >= 0.6 is 0 Å². The van der Waals surface area contributed by atoms with Crippen LogP contribution in [-0.2, 0) is 16.7 Å². The molecule has 3 rings (SSSR count). The van der Waals surface area contributed by atoms with Crippen molar-refractivity contribution in [1.29, 1.82) is 5.41 Å². The maximum absolute atomic E-state index is 11.3. The zero-order valence-electron chi connectivity index (χ0n) is 9.64. The van der Waals surface area contributed by atoms with E-state index in [2.05, 4.69) is 0 Å². The van der Waals surface area contributed by atoms with Gasteiger partial charge in [-0.2, -0.15) is 5.06 Å². The van der Waals surface area contributed by atoms with Crippen LogP contribution < -0.4 is 5.73 Å². The van der Waals surface area contributed by atoms with E-state index in [1.807, 2.05) is 12.1 Å². The zero-order chi connectivity index (χ0) is 12.9. The normalized spacial score (nSPS) is 25.4. The quantitative estimate of drug-likeness (QED) is 0.391. The van der Waals surface area contributed by atoms with Crippen LogP contribution in [0.3, 0.4) is 0 Å². The van der Waals surface area contributed by atoms with Crippen molar-refractivity contribution in [3.05, 3.63) is 34.9 Å². The number of hydroxylamine groups is 2. The van der Waals surface area contributed by atoms with E-state index in [1.165, 1.54) is 0 Å². The summed E-state index contributed by atoms with van der Waals surface area (Å²) < 4.78 is 4.91. The van der Waals surface area contributed by atoms with Crippen molar-refractivity contribution in [2.75, 3.05) is 6.61 Å². The van der Waals surface area contributed by atoms with Gasteiger partial charge in [-0.15, -0.1) is 0 Å². The van der Waals surface area contributed by atoms with Crippen LogP contribution in [-0.4, -0.2) is 28.8 Å². The molecule has 0 saturated carbocycles. The molecule has 2 aliphatic rings. The lowest BCUT2D eigenvalue weighted by Crippen LogP contribution is -2.40. The van der Waals surface area contributed by atoms with Gasteiger partial charge >= 0.3 is 6.09 Å². The molecule has 1 amide bonds. The van der Waals surface area contributed by atoms with Gasteiger partial charge in [-0.1, -0.05) is 12.1 Å². The van der Waals surface area contributed by atoms with E-state index >= 15 is 0 Å². The van der Waals surface area contributed by atoms with E-state index in [1.54, 1.807) is 6.07 Å². The summed E-state index contributed by atoms with van der Waals surface area (Å²) in [5.74, 6) is 0.0124. The standard InChI is InChI=1S/C12H13N3O3/c13-10(14)8-1-2-9-7(5-8)3-4-12(9)6-18-11(16)15(12)17/h1-2,5,17H,3-4,6H2,(H3,13,14). The van der Waals surface area contributed by atoms with Gasteiger partial charge in [-0.05, 0) is 30.0 Å². The predicted octanol–water partition coefficient (Wildman–Crippen LogP) is 0.954. The number of fused-ring (bicyclic) bond motifs is 2. The number of aryl methyl sites for hydroxylation is 1. The Morgan fingerprint density at radius 1 is 1.56 bits per heavy atom. The van der Waals surface area contributed by atoms with Crippen LogP contribution in [0.4, 0.5) is 4.79 Å². The number of cyclic esters (lactones) is 1. The maximum Gasteiger partial charge on any atom is 0.434 e. The summed E-state index contributed by atoms with van der Waals surface area (Å²) in [6.45, 7) is 0.161. The van der Waals surface area contributed by atoms with Crippen molar-refractivity contribution in [3.63, 3.8) is 0 Å². The van der Waals surface area contributed by atoms with Crippen LogP contribution in [0.1, 0.15) is 23.1 Å². The largest absolute Gasteiger partial charge is 0.445 e. The van der Waals surface area contributed by atoms with Gasteiger partial charge in [0.15, 0.2) is 0 Å². The lowest BCUT2D eigenvalue weighted by atomic mass is 9.92. The first-order valence-electron chi connectivity index (χ1n) is 5.68. The third-order valence-electron chi connectivity index (χ3n) is 3.74. The Labute approximate surface area is 103 Å². The van der Waals surface area contributed by atoms with Gasteiger partial charge in [0.25, 0.3) is 0 Å². The first-order valence-corrected chi connectivity index (χ1v) is 5.68. The Hall–Kier alpha value is -2.08. The number of carbonyl (C=O) groups excluding carboxylic acids is 1. The number of nitrogens with one attached hydrogen (secondary N) is 1. The van der Waals surface area contributed by atoms with Crippen LogP contribution in [0.2, 0.25) is 0 Å². The highest BCUT2D eigenvalue weighted by atomic mass is 16.7. The highest BCUT2D eigenvalue weighted by Gasteiger charge is 2.52. The van der Waals surface area contributed by atoms with Crippen LogP contribution in [0.5, 0.6) is 0 Å². The molecule has 0 radical (unpaired) electrons. The van der Waals surface area contributed by atoms with Crippen LogP contribution in [0.25, 0.3) is 0 Å². The van der Waals surface area contributed by atoms with E-state index in [0.29, 0.717) is 17.0 Å². The second kappa shape index (κ2) is 3.46. The monoisotopic (exact) mass is 247 g/mol. The van der Waals surface area contributed by atoms with Crippen molar-refractivity contribution in [2.45, 2.75) is 18.4 Å². The molecule has 1 unspecified atom stereocenters. The fourth-order valence-corrected chi connectivity index (χ4v) is 2.75. The van der Waals surface area contributed by atoms with Crippen molar-refractivity contribution >= 4 is 11.9 Å². The molecule has 4 N–H and O–H groups in total. The average molecular weight is 247 g/mol. The molecule has 1 atom stereocenters. The van der Waals surface area contributed by atoms with E-state index in [-0.39, 0.29) is 12.4 Å². The zero-order valence-corrected chi connectivity index (χ0v) is 9.64. The molecular formula is C12H13N3O3. The number of nitrogen functional groups attached to an aromatic ring is 1. The molecule has 1 spiro atoms. The highest BCUT2D eigenvalue weighted by molar-refractivity contribution is 5.95. The molecule has 6 nitrogen and oxygen atoms in total. The number of amides is 1. The number of hydrogen-bond donors (Lipinski definition) is 3. The molecule has 1 aliphatic carbocycles. The molecule has 18 heavy (non-hydrogen) atoms. The number of hydrogen-bond acceptors (Lipinski definition) is 4. The fraction of sp³-hybridized carbons (Fsp3) is 0.333. The Balaban J connectivity index is 2.08. The summed E-state index contributed by atoms with van der Waals surface area (Å²) in [6, 6.07) is 5.37. The van der Waals surface area contributed by atoms with Gasteiger partial charge in [-0.3, -0.25) is 10.6 Å². The lowest BCUT2D eigenvalue weighted by molar-refractivity contribution is -0.107. The molecule has 1 fully saturated rings. The minimum absolute atomic E-state index is 0.0124. The fourth-order valence-electron chi connectivity index (χ4n) is 2.75. The maximum atomic E-state index is 11.3. The third kappa shape index (κ3) is 1.26. The molecule has 1 heterocycles. The van der Waals surface area contributed by atoms with Gasteiger partial charge in [0.2, 0.25) is 0 Å². The van der Waals surface area contributed by atoms with E-state index in [9.17, 15) is 10.0 Å². The number of ether oxygens (including phenoxy) is 1. The van der Waals surface area contributed by atoms with Crippen LogP contribution in [0.15, 0.2) is 18.2 Å². The number of benzene rings is 1. The van der Waals surface area contributed by atoms with Crippen molar-refractivity contribution in [2.24, 2.45) is 5.73 Å². The van der Waals surface area contributed by atoms with Crippen LogP contribution in [0, 0.1) is 5.41 Å². The van der Waals surface area contributed by atoms with Gasteiger partial charge in [-0.25, -0.2) is 4.79 Å². The molecule has 6 heteroatoms. The molecule has 1 aromatic carbocycles. The summed E-state index contributed by atoms with van der Waals surface area (Å²) >= 11 is 0.